The highest BCUT2D eigenvalue weighted by Crippen LogP contribution is 2.67. The van der Waals surface area contributed by atoms with Crippen LogP contribution in [0.2, 0.25) is 0 Å². The molecule has 0 amide bonds. The van der Waals surface area contributed by atoms with Gasteiger partial charge in [0.2, 0.25) is 0 Å². The molecule has 0 aromatic heterocycles. The number of ketones is 1. The molecule has 0 aromatic rings. The Hall–Kier alpha value is -1.39. The summed E-state index contributed by atoms with van der Waals surface area (Å²) in [7, 11) is 0. The maximum atomic E-state index is 12.7. The van der Waals surface area contributed by atoms with Crippen molar-refractivity contribution in [3.63, 3.8) is 0 Å². The molecule has 1 spiro atoms. The SMILES string of the molecule is C[C@@H]1OC(=O)[C@]23CCCC(=O)[C@@H]2C[C@@]3(C)CCOC1=O. The fourth-order valence-corrected chi connectivity index (χ4v) is 4.30. The monoisotopic (exact) mass is 280 g/mol. The number of cyclic esters (lactones) is 2. The van der Waals surface area contributed by atoms with Gasteiger partial charge in [0.25, 0.3) is 0 Å². The predicted molar refractivity (Wildman–Crippen MR) is 68.6 cm³/mol. The molecule has 1 aliphatic heterocycles. The lowest BCUT2D eigenvalue weighted by Crippen LogP contribution is -2.65. The van der Waals surface area contributed by atoms with E-state index in [0.717, 1.165) is 6.42 Å². The highest BCUT2D eigenvalue weighted by atomic mass is 16.6. The normalized spacial score (nSPS) is 44.8. The molecule has 5 nitrogen and oxygen atoms in total. The van der Waals surface area contributed by atoms with E-state index in [-0.39, 0.29) is 23.1 Å². The van der Waals surface area contributed by atoms with Gasteiger partial charge in [-0.3, -0.25) is 9.59 Å². The van der Waals surface area contributed by atoms with Crippen molar-refractivity contribution in [2.75, 3.05) is 6.61 Å². The molecule has 3 rings (SSSR count). The summed E-state index contributed by atoms with van der Waals surface area (Å²) in [5.41, 5.74) is -1.03. The van der Waals surface area contributed by atoms with Crippen LogP contribution in [0.15, 0.2) is 0 Å². The predicted octanol–water partition coefficient (Wildman–Crippen LogP) is 1.63. The molecule has 0 N–H and O–H groups in total. The molecule has 0 unspecified atom stereocenters. The molecule has 110 valence electrons. The minimum atomic E-state index is -0.891. The molecule has 0 radical (unpaired) electrons. The third kappa shape index (κ3) is 1.58. The van der Waals surface area contributed by atoms with Gasteiger partial charge in [-0.25, -0.2) is 4.79 Å². The van der Waals surface area contributed by atoms with Gasteiger partial charge in [0.15, 0.2) is 6.10 Å². The van der Waals surface area contributed by atoms with Crippen LogP contribution in [0, 0.1) is 16.7 Å². The van der Waals surface area contributed by atoms with Gasteiger partial charge in [0, 0.05) is 12.3 Å². The average Bonchev–Trinajstić information content (AvgIpc) is 2.40. The molecule has 3 aliphatic rings. The van der Waals surface area contributed by atoms with Crippen LogP contribution in [-0.4, -0.2) is 30.4 Å². The zero-order valence-electron chi connectivity index (χ0n) is 11.9. The molecular formula is C15H20O5. The zero-order valence-corrected chi connectivity index (χ0v) is 11.9. The van der Waals surface area contributed by atoms with E-state index in [0.29, 0.717) is 32.3 Å². The summed E-state index contributed by atoms with van der Waals surface area (Å²) < 4.78 is 10.5. The summed E-state index contributed by atoms with van der Waals surface area (Å²) >= 11 is 0. The Labute approximate surface area is 118 Å². The Morgan fingerprint density at radius 2 is 1.95 bits per heavy atom. The quantitative estimate of drug-likeness (QED) is 0.631. The Balaban J connectivity index is 1.99. The van der Waals surface area contributed by atoms with Crippen LogP contribution in [0.5, 0.6) is 0 Å². The molecule has 0 aromatic carbocycles. The number of Topliss-reactive ketones (excluding diaryl/α,β-unsaturated/α-hetero) is 1. The van der Waals surface area contributed by atoms with Crippen LogP contribution >= 0.6 is 0 Å². The minimum absolute atomic E-state index is 0.171. The number of rotatable bonds is 0. The first kappa shape index (κ1) is 13.6. The maximum Gasteiger partial charge on any atom is 0.347 e. The number of hydrogen-bond acceptors (Lipinski definition) is 5. The van der Waals surface area contributed by atoms with Crippen LogP contribution in [0.4, 0.5) is 0 Å². The van der Waals surface area contributed by atoms with Gasteiger partial charge >= 0.3 is 11.9 Å². The second-order valence-corrected chi connectivity index (χ2v) is 6.57. The summed E-state index contributed by atoms with van der Waals surface area (Å²) in [4.78, 5) is 36.4. The summed E-state index contributed by atoms with van der Waals surface area (Å²) in [6, 6.07) is 0. The van der Waals surface area contributed by atoms with E-state index in [2.05, 4.69) is 0 Å². The molecule has 2 saturated carbocycles. The highest BCUT2D eigenvalue weighted by molar-refractivity contribution is 5.94. The van der Waals surface area contributed by atoms with Crippen molar-refractivity contribution < 1.29 is 23.9 Å². The molecule has 3 fully saturated rings. The van der Waals surface area contributed by atoms with Crippen molar-refractivity contribution in [1.29, 1.82) is 0 Å². The van der Waals surface area contributed by atoms with Crippen LogP contribution in [0.3, 0.4) is 0 Å². The largest absolute Gasteiger partial charge is 0.463 e. The Morgan fingerprint density at radius 3 is 2.70 bits per heavy atom. The van der Waals surface area contributed by atoms with Gasteiger partial charge in [-0.05, 0) is 38.0 Å². The fraction of sp³-hybridized carbons (Fsp3) is 0.800. The number of esters is 2. The molecule has 5 heteroatoms. The Bertz CT molecular complexity index is 485. The van der Waals surface area contributed by atoms with Crippen molar-refractivity contribution in [3.05, 3.63) is 0 Å². The first-order valence-corrected chi connectivity index (χ1v) is 7.31. The van der Waals surface area contributed by atoms with E-state index in [9.17, 15) is 14.4 Å². The molecule has 1 heterocycles. The third-order valence-electron chi connectivity index (χ3n) is 5.59. The molecule has 0 bridgehead atoms. The van der Waals surface area contributed by atoms with Crippen LogP contribution < -0.4 is 0 Å². The van der Waals surface area contributed by atoms with Gasteiger partial charge in [0.1, 0.15) is 5.78 Å². The van der Waals surface area contributed by atoms with E-state index in [1.54, 1.807) is 0 Å². The molecule has 2 aliphatic carbocycles. The van der Waals surface area contributed by atoms with Crippen LogP contribution in [-0.2, 0) is 23.9 Å². The van der Waals surface area contributed by atoms with E-state index in [4.69, 9.17) is 9.47 Å². The summed E-state index contributed by atoms with van der Waals surface area (Å²) in [5, 5.41) is 0. The number of carbonyl (C=O) groups excluding carboxylic acids is 3. The lowest BCUT2D eigenvalue weighted by atomic mass is 9.39. The van der Waals surface area contributed by atoms with Gasteiger partial charge in [0.05, 0.1) is 12.0 Å². The second kappa shape index (κ2) is 4.30. The summed E-state index contributed by atoms with van der Waals surface area (Å²) in [6.07, 6.45) is 2.39. The van der Waals surface area contributed by atoms with Crippen molar-refractivity contribution in [1.82, 2.24) is 0 Å². The van der Waals surface area contributed by atoms with Crippen molar-refractivity contribution in [2.45, 2.75) is 52.1 Å². The van der Waals surface area contributed by atoms with Crippen LogP contribution in [0.25, 0.3) is 0 Å². The summed E-state index contributed by atoms with van der Waals surface area (Å²) in [5.74, 6) is -0.937. The molecular weight excluding hydrogens is 260 g/mol. The number of carbonyl (C=O) groups is 3. The topological polar surface area (TPSA) is 69.7 Å². The standard InChI is InChI=1S/C15H20O5/c1-9-12(17)19-7-6-14(2)8-10-11(16)4-3-5-15(10,14)13(18)20-9/h9-10H,3-8H2,1-2H3/t9-,10-,14+,15-/m0/s1. The minimum Gasteiger partial charge on any atom is -0.463 e. The van der Waals surface area contributed by atoms with Gasteiger partial charge in [-0.2, -0.15) is 0 Å². The van der Waals surface area contributed by atoms with Crippen molar-refractivity contribution >= 4 is 17.7 Å². The van der Waals surface area contributed by atoms with E-state index in [1.807, 2.05) is 6.92 Å². The number of ether oxygens (including phenoxy) is 2. The van der Waals surface area contributed by atoms with Gasteiger partial charge in [-0.1, -0.05) is 6.92 Å². The molecule has 1 saturated heterocycles. The number of hydrogen-bond donors (Lipinski definition) is 0. The van der Waals surface area contributed by atoms with E-state index >= 15 is 0 Å². The third-order valence-corrected chi connectivity index (χ3v) is 5.59. The first-order valence-electron chi connectivity index (χ1n) is 7.31. The first-order chi connectivity index (χ1) is 9.41. The smallest absolute Gasteiger partial charge is 0.347 e. The lowest BCUT2D eigenvalue weighted by molar-refractivity contribution is -0.209. The highest BCUT2D eigenvalue weighted by Gasteiger charge is 2.70. The Kier molecular flexibility index (Phi) is 2.92. The molecule has 4 atom stereocenters. The van der Waals surface area contributed by atoms with E-state index < -0.39 is 17.5 Å². The second-order valence-electron chi connectivity index (χ2n) is 6.57. The van der Waals surface area contributed by atoms with Crippen molar-refractivity contribution in [2.24, 2.45) is 16.7 Å². The lowest BCUT2D eigenvalue weighted by Gasteiger charge is -2.62. The van der Waals surface area contributed by atoms with Crippen LogP contribution in [0.1, 0.15) is 46.0 Å². The maximum absolute atomic E-state index is 12.7. The summed E-state index contributed by atoms with van der Waals surface area (Å²) in [6.45, 7) is 3.84. The van der Waals surface area contributed by atoms with Gasteiger partial charge in [-0.15, -0.1) is 0 Å². The molecule has 20 heavy (non-hydrogen) atoms. The fourth-order valence-electron chi connectivity index (χ4n) is 4.30. The van der Waals surface area contributed by atoms with E-state index in [1.165, 1.54) is 6.92 Å². The van der Waals surface area contributed by atoms with Gasteiger partial charge < -0.3 is 9.47 Å². The average molecular weight is 280 g/mol. The Morgan fingerprint density at radius 1 is 1.20 bits per heavy atom. The van der Waals surface area contributed by atoms with Crippen molar-refractivity contribution in [3.8, 4) is 0 Å². The zero-order chi connectivity index (χ0) is 14.5.